The third-order valence-corrected chi connectivity index (χ3v) is 4.26. The van der Waals surface area contributed by atoms with Gasteiger partial charge in [-0.2, -0.15) is 0 Å². The predicted molar refractivity (Wildman–Crippen MR) is 86.9 cm³/mol. The van der Waals surface area contributed by atoms with E-state index in [2.05, 4.69) is 5.32 Å². The van der Waals surface area contributed by atoms with E-state index < -0.39 is 6.10 Å². The zero-order valence-corrected chi connectivity index (χ0v) is 13.7. The third-order valence-electron chi connectivity index (χ3n) is 4.26. The van der Waals surface area contributed by atoms with Crippen LogP contribution in [0.2, 0.25) is 0 Å². The second-order valence-corrected chi connectivity index (χ2v) is 6.11. The Morgan fingerprint density at radius 1 is 1.50 bits per heavy atom. The van der Waals surface area contributed by atoms with Crippen LogP contribution in [0, 0.1) is 0 Å². The topological polar surface area (TPSA) is 88.1 Å². The van der Waals surface area contributed by atoms with Gasteiger partial charge in [-0.15, -0.1) is 0 Å². The standard InChI is InChI=1S/C17H22N2O5/c1-11(20)12-4-5-15-14(7-12)19(17(22)10-24-15)9-16(21)18-8-13-3-2-6-23-13/h4-5,7,11,13,20H,2-3,6,8-10H2,1H3,(H,18,21)/t11-,13+/m1/s1. The van der Waals surface area contributed by atoms with E-state index >= 15 is 0 Å². The SMILES string of the molecule is C[C@@H](O)c1ccc2c(c1)N(CC(=O)NC[C@@H]1CCCO1)C(=O)CO2. The Balaban J connectivity index is 1.69. The average molecular weight is 334 g/mol. The van der Waals surface area contributed by atoms with Crippen LogP contribution in [0.1, 0.15) is 31.4 Å². The largest absolute Gasteiger partial charge is 0.482 e. The van der Waals surface area contributed by atoms with Gasteiger partial charge in [-0.3, -0.25) is 14.5 Å². The molecule has 2 atom stereocenters. The van der Waals surface area contributed by atoms with Crippen LogP contribution >= 0.6 is 0 Å². The molecule has 2 aliphatic rings. The summed E-state index contributed by atoms with van der Waals surface area (Å²) in [7, 11) is 0. The van der Waals surface area contributed by atoms with Crippen LogP contribution in [0.5, 0.6) is 5.75 Å². The van der Waals surface area contributed by atoms with E-state index in [-0.39, 0.29) is 31.1 Å². The van der Waals surface area contributed by atoms with Crippen molar-refractivity contribution >= 4 is 17.5 Å². The normalized spacial score (nSPS) is 21.2. The molecule has 1 aromatic carbocycles. The zero-order valence-electron chi connectivity index (χ0n) is 13.7. The fourth-order valence-corrected chi connectivity index (χ4v) is 2.88. The summed E-state index contributed by atoms with van der Waals surface area (Å²) in [4.78, 5) is 25.8. The Morgan fingerprint density at radius 3 is 3.04 bits per heavy atom. The van der Waals surface area contributed by atoms with Crippen molar-refractivity contribution in [3.05, 3.63) is 23.8 Å². The molecule has 2 aliphatic heterocycles. The van der Waals surface area contributed by atoms with E-state index in [0.29, 0.717) is 23.5 Å². The van der Waals surface area contributed by atoms with Crippen LogP contribution in [0.15, 0.2) is 18.2 Å². The molecular weight excluding hydrogens is 312 g/mol. The monoisotopic (exact) mass is 334 g/mol. The molecule has 7 heteroatoms. The van der Waals surface area contributed by atoms with Crippen molar-refractivity contribution in [1.29, 1.82) is 0 Å². The van der Waals surface area contributed by atoms with Gasteiger partial charge in [-0.1, -0.05) is 6.07 Å². The van der Waals surface area contributed by atoms with Crippen molar-refractivity contribution in [2.24, 2.45) is 0 Å². The van der Waals surface area contributed by atoms with Crippen molar-refractivity contribution < 1.29 is 24.2 Å². The van der Waals surface area contributed by atoms with Gasteiger partial charge in [0.1, 0.15) is 12.3 Å². The van der Waals surface area contributed by atoms with Gasteiger partial charge < -0.3 is 19.9 Å². The first-order valence-corrected chi connectivity index (χ1v) is 8.18. The summed E-state index contributed by atoms with van der Waals surface area (Å²) >= 11 is 0. The maximum absolute atomic E-state index is 12.2. The second-order valence-electron chi connectivity index (χ2n) is 6.11. The molecule has 2 amide bonds. The van der Waals surface area contributed by atoms with Gasteiger partial charge in [0.2, 0.25) is 5.91 Å². The highest BCUT2D eigenvalue weighted by atomic mass is 16.5. The highest BCUT2D eigenvalue weighted by molar-refractivity contribution is 6.02. The molecule has 3 rings (SSSR count). The number of anilines is 1. The van der Waals surface area contributed by atoms with Gasteiger partial charge >= 0.3 is 0 Å². The third kappa shape index (κ3) is 3.68. The van der Waals surface area contributed by atoms with E-state index in [1.54, 1.807) is 25.1 Å². The lowest BCUT2D eigenvalue weighted by molar-refractivity contribution is -0.125. The number of benzene rings is 1. The number of hydrogen-bond donors (Lipinski definition) is 2. The van der Waals surface area contributed by atoms with E-state index in [4.69, 9.17) is 9.47 Å². The van der Waals surface area contributed by atoms with Gasteiger partial charge in [-0.05, 0) is 37.5 Å². The first kappa shape index (κ1) is 16.7. The molecule has 1 fully saturated rings. The van der Waals surface area contributed by atoms with Gasteiger partial charge in [0.25, 0.3) is 5.91 Å². The number of rotatable bonds is 5. The van der Waals surface area contributed by atoms with Gasteiger partial charge in [0, 0.05) is 13.2 Å². The number of carbonyl (C=O) groups excluding carboxylic acids is 2. The molecule has 0 saturated carbocycles. The van der Waals surface area contributed by atoms with Crippen LogP contribution in [-0.4, -0.2) is 49.3 Å². The highest BCUT2D eigenvalue weighted by Crippen LogP contribution is 2.34. The Hall–Kier alpha value is -2.12. The summed E-state index contributed by atoms with van der Waals surface area (Å²) in [5.74, 6) is 0.0117. The number of aliphatic hydroxyl groups is 1. The Kier molecular flexibility index (Phi) is 5.01. The molecule has 0 aliphatic carbocycles. The highest BCUT2D eigenvalue weighted by Gasteiger charge is 2.28. The summed E-state index contributed by atoms with van der Waals surface area (Å²) < 4.78 is 10.9. The van der Waals surface area contributed by atoms with Crippen LogP contribution in [0.25, 0.3) is 0 Å². The molecule has 1 aromatic rings. The van der Waals surface area contributed by atoms with Crippen LogP contribution < -0.4 is 15.0 Å². The summed E-state index contributed by atoms with van der Waals surface area (Å²) in [5, 5.41) is 12.5. The molecule has 24 heavy (non-hydrogen) atoms. The smallest absolute Gasteiger partial charge is 0.265 e. The van der Waals surface area contributed by atoms with Crippen molar-refractivity contribution in [3.63, 3.8) is 0 Å². The quantitative estimate of drug-likeness (QED) is 0.830. The van der Waals surface area contributed by atoms with Crippen molar-refractivity contribution in [3.8, 4) is 5.75 Å². The number of carbonyl (C=O) groups is 2. The van der Waals surface area contributed by atoms with Gasteiger partial charge in [-0.25, -0.2) is 0 Å². The first-order chi connectivity index (χ1) is 11.5. The molecule has 130 valence electrons. The lowest BCUT2D eigenvalue weighted by atomic mass is 10.1. The van der Waals surface area contributed by atoms with Gasteiger partial charge in [0.15, 0.2) is 6.61 Å². The summed E-state index contributed by atoms with van der Waals surface area (Å²) in [6.45, 7) is 2.66. The molecule has 0 spiro atoms. The number of nitrogens with zero attached hydrogens (tertiary/aromatic N) is 1. The van der Waals surface area contributed by atoms with E-state index in [0.717, 1.165) is 19.4 Å². The fraction of sp³-hybridized carbons (Fsp3) is 0.529. The van der Waals surface area contributed by atoms with Crippen LogP contribution in [0.3, 0.4) is 0 Å². The van der Waals surface area contributed by atoms with Crippen molar-refractivity contribution in [1.82, 2.24) is 5.32 Å². The molecular formula is C17H22N2O5. The summed E-state index contributed by atoms with van der Waals surface area (Å²) in [5.41, 5.74) is 1.17. The van der Waals surface area contributed by atoms with Crippen molar-refractivity contribution in [2.75, 3.05) is 31.2 Å². The summed E-state index contributed by atoms with van der Waals surface area (Å²) in [6.07, 6.45) is 1.35. The zero-order chi connectivity index (χ0) is 17.1. The number of fused-ring (bicyclic) bond motifs is 1. The number of nitrogens with one attached hydrogen (secondary N) is 1. The Morgan fingerprint density at radius 2 is 2.33 bits per heavy atom. The molecule has 7 nitrogen and oxygen atoms in total. The molecule has 0 bridgehead atoms. The maximum Gasteiger partial charge on any atom is 0.265 e. The van der Waals surface area contributed by atoms with Crippen LogP contribution in [0.4, 0.5) is 5.69 Å². The fourth-order valence-electron chi connectivity index (χ4n) is 2.88. The Bertz CT molecular complexity index is 625. The second kappa shape index (κ2) is 7.19. The number of ether oxygens (including phenoxy) is 2. The Labute approximate surface area is 140 Å². The van der Waals surface area contributed by atoms with E-state index in [1.807, 2.05) is 0 Å². The predicted octanol–water partition coefficient (Wildman–Crippen LogP) is 0.760. The molecule has 2 N–H and O–H groups in total. The summed E-state index contributed by atoms with van der Waals surface area (Å²) in [6, 6.07) is 5.14. The van der Waals surface area contributed by atoms with Crippen LogP contribution in [-0.2, 0) is 14.3 Å². The minimum absolute atomic E-state index is 0.0588. The average Bonchev–Trinajstić information content (AvgIpc) is 3.08. The minimum Gasteiger partial charge on any atom is -0.482 e. The number of amides is 2. The maximum atomic E-state index is 12.2. The van der Waals surface area contributed by atoms with Crippen molar-refractivity contribution in [2.45, 2.75) is 32.0 Å². The van der Waals surface area contributed by atoms with E-state index in [1.165, 1.54) is 4.90 Å². The first-order valence-electron chi connectivity index (χ1n) is 8.18. The molecule has 0 aromatic heterocycles. The lowest BCUT2D eigenvalue weighted by Gasteiger charge is -2.29. The minimum atomic E-state index is -0.664. The molecule has 2 heterocycles. The molecule has 0 unspecified atom stereocenters. The number of hydrogen-bond acceptors (Lipinski definition) is 5. The van der Waals surface area contributed by atoms with E-state index in [9.17, 15) is 14.7 Å². The number of aliphatic hydroxyl groups excluding tert-OH is 1. The van der Waals surface area contributed by atoms with Gasteiger partial charge in [0.05, 0.1) is 17.9 Å². The lowest BCUT2D eigenvalue weighted by Crippen LogP contribution is -2.46. The molecule has 1 saturated heterocycles. The molecule has 0 radical (unpaired) electrons.